The van der Waals surface area contributed by atoms with Crippen LogP contribution in [0.15, 0.2) is 48.8 Å². The highest BCUT2D eigenvalue weighted by molar-refractivity contribution is 6.05. The van der Waals surface area contributed by atoms with E-state index < -0.39 is 0 Å². The number of rotatable bonds is 10. The number of aryl methyl sites for hydroxylation is 2. The number of ether oxygens (including phenoxy) is 1. The van der Waals surface area contributed by atoms with Crippen LogP contribution in [0.5, 0.6) is 0 Å². The van der Waals surface area contributed by atoms with Crippen LogP contribution >= 0.6 is 0 Å². The largest absolute Gasteiger partial charge is 0.375 e. The molecular formula is C23H28N4O3. The number of hydrogen-bond acceptors (Lipinski definition) is 4. The van der Waals surface area contributed by atoms with Crippen molar-refractivity contribution in [2.75, 3.05) is 25.6 Å². The van der Waals surface area contributed by atoms with Gasteiger partial charge in [-0.15, -0.1) is 0 Å². The maximum atomic E-state index is 12.6. The summed E-state index contributed by atoms with van der Waals surface area (Å²) < 4.78 is 6.94. The number of fused-ring (bicyclic) bond motifs is 1. The second kappa shape index (κ2) is 10.5. The zero-order valence-electron chi connectivity index (χ0n) is 17.5. The fourth-order valence-electron chi connectivity index (χ4n) is 3.30. The molecular weight excluding hydrogens is 380 g/mol. The number of anilines is 1. The molecule has 3 aromatic rings. The van der Waals surface area contributed by atoms with Crippen LogP contribution in [-0.4, -0.2) is 41.6 Å². The van der Waals surface area contributed by atoms with Gasteiger partial charge in [-0.25, -0.2) is 4.98 Å². The molecule has 0 aliphatic heterocycles. The molecule has 3 rings (SSSR count). The third-order valence-electron chi connectivity index (χ3n) is 4.83. The summed E-state index contributed by atoms with van der Waals surface area (Å²) in [5, 5.41) is 5.78. The summed E-state index contributed by atoms with van der Waals surface area (Å²) in [6, 6.07) is 13.7. The molecule has 0 aliphatic rings. The van der Waals surface area contributed by atoms with Crippen molar-refractivity contribution in [2.24, 2.45) is 0 Å². The van der Waals surface area contributed by atoms with Crippen LogP contribution in [0.25, 0.3) is 11.0 Å². The van der Waals surface area contributed by atoms with Crippen LogP contribution in [-0.2, 0) is 22.5 Å². The summed E-state index contributed by atoms with van der Waals surface area (Å²) in [7, 11) is 1.47. The quantitative estimate of drug-likeness (QED) is 0.504. The molecule has 2 N–H and O–H groups in total. The summed E-state index contributed by atoms with van der Waals surface area (Å²) >= 11 is 0. The average Bonchev–Trinajstić information content (AvgIpc) is 3.16. The third kappa shape index (κ3) is 5.45. The van der Waals surface area contributed by atoms with E-state index in [4.69, 9.17) is 4.74 Å². The predicted octanol–water partition coefficient (Wildman–Crippen LogP) is 3.39. The SMILES string of the molecule is CCCCNC(=O)c1cc(NC(=O)COC)c2c(c1)ncn2CCc1ccccc1. The van der Waals surface area contributed by atoms with E-state index in [-0.39, 0.29) is 18.4 Å². The van der Waals surface area contributed by atoms with Crippen molar-refractivity contribution in [1.29, 1.82) is 0 Å². The molecule has 0 aliphatic carbocycles. The second-order valence-corrected chi connectivity index (χ2v) is 7.16. The Bertz CT molecular complexity index is 998. The van der Waals surface area contributed by atoms with Crippen LogP contribution < -0.4 is 10.6 Å². The van der Waals surface area contributed by atoms with Gasteiger partial charge in [-0.05, 0) is 30.5 Å². The van der Waals surface area contributed by atoms with Crippen molar-refractivity contribution in [3.8, 4) is 0 Å². The van der Waals surface area contributed by atoms with E-state index in [1.54, 1.807) is 18.5 Å². The molecule has 0 spiro atoms. The van der Waals surface area contributed by atoms with Crippen molar-refractivity contribution in [1.82, 2.24) is 14.9 Å². The predicted molar refractivity (Wildman–Crippen MR) is 118 cm³/mol. The number of nitrogens with zero attached hydrogens (tertiary/aromatic N) is 2. The van der Waals surface area contributed by atoms with Gasteiger partial charge in [0.25, 0.3) is 5.91 Å². The van der Waals surface area contributed by atoms with Gasteiger partial charge in [-0.2, -0.15) is 0 Å². The van der Waals surface area contributed by atoms with Crippen molar-refractivity contribution in [3.05, 3.63) is 59.9 Å². The van der Waals surface area contributed by atoms with Gasteiger partial charge in [0.2, 0.25) is 5.91 Å². The lowest BCUT2D eigenvalue weighted by Crippen LogP contribution is -2.25. The van der Waals surface area contributed by atoms with E-state index in [2.05, 4.69) is 34.7 Å². The van der Waals surface area contributed by atoms with E-state index in [9.17, 15) is 9.59 Å². The number of aromatic nitrogens is 2. The monoisotopic (exact) mass is 408 g/mol. The fourth-order valence-corrected chi connectivity index (χ4v) is 3.30. The Morgan fingerprint density at radius 1 is 1.17 bits per heavy atom. The average molecular weight is 409 g/mol. The van der Waals surface area contributed by atoms with Crippen LogP contribution in [0, 0.1) is 0 Å². The van der Waals surface area contributed by atoms with E-state index in [1.807, 2.05) is 22.8 Å². The lowest BCUT2D eigenvalue weighted by Gasteiger charge is -2.12. The first kappa shape index (κ1) is 21.5. The Kier molecular flexibility index (Phi) is 7.57. The number of benzene rings is 2. The van der Waals surface area contributed by atoms with Crippen LogP contribution in [0.1, 0.15) is 35.7 Å². The van der Waals surface area contributed by atoms with E-state index in [1.165, 1.54) is 12.7 Å². The highest BCUT2D eigenvalue weighted by Gasteiger charge is 2.16. The molecule has 1 aromatic heterocycles. The number of carbonyl (C=O) groups excluding carboxylic acids is 2. The lowest BCUT2D eigenvalue weighted by atomic mass is 10.1. The number of carbonyl (C=O) groups is 2. The van der Waals surface area contributed by atoms with Crippen molar-refractivity contribution < 1.29 is 14.3 Å². The topological polar surface area (TPSA) is 85.2 Å². The summed E-state index contributed by atoms with van der Waals surface area (Å²) in [5.74, 6) is -0.454. The number of nitrogens with one attached hydrogen (secondary N) is 2. The highest BCUT2D eigenvalue weighted by Crippen LogP contribution is 2.26. The number of unbranched alkanes of at least 4 members (excludes halogenated alkanes) is 1. The molecule has 2 amide bonds. The second-order valence-electron chi connectivity index (χ2n) is 7.16. The zero-order chi connectivity index (χ0) is 21.3. The Morgan fingerprint density at radius 3 is 2.70 bits per heavy atom. The van der Waals surface area contributed by atoms with Gasteiger partial charge in [-0.1, -0.05) is 43.7 Å². The normalized spacial score (nSPS) is 10.9. The van der Waals surface area contributed by atoms with Crippen LogP contribution in [0.2, 0.25) is 0 Å². The number of methoxy groups -OCH3 is 1. The van der Waals surface area contributed by atoms with Gasteiger partial charge in [-0.3, -0.25) is 9.59 Å². The molecule has 158 valence electrons. The summed E-state index contributed by atoms with van der Waals surface area (Å²) in [5.41, 5.74) is 3.70. The van der Waals surface area contributed by atoms with Crippen LogP contribution in [0.4, 0.5) is 5.69 Å². The maximum Gasteiger partial charge on any atom is 0.251 e. The standard InChI is InChI=1S/C23H28N4O3/c1-3-4-11-24-23(29)18-13-19-22(20(14-18)26-21(28)15-30-2)27(16-25-19)12-10-17-8-6-5-7-9-17/h5-9,13-14,16H,3-4,10-12,15H2,1-2H3,(H,24,29)(H,26,28). The Morgan fingerprint density at radius 2 is 1.97 bits per heavy atom. The molecule has 0 saturated carbocycles. The van der Waals surface area contributed by atoms with Gasteiger partial charge in [0.1, 0.15) is 6.61 Å². The van der Waals surface area contributed by atoms with Gasteiger partial charge >= 0.3 is 0 Å². The molecule has 0 fully saturated rings. The highest BCUT2D eigenvalue weighted by atomic mass is 16.5. The Labute approximate surface area is 176 Å². The summed E-state index contributed by atoms with van der Waals surface area (Å²) in [6.45, 7) is 3.33. The van der Waals surface area contributed by atoms with Crippen molar-refractivity contribution in [2.45, 2.75) is 32.7 Å². The minimum absolute atomic E-state index is 0.0629. The number of imidazole rings is 1. The first-order chi connectivity index (χ1) is 14.6. The zero-order valence-corrected chi connectivity index (χ0v) is 17.5. The Balaban J connectivity index is 1.90. The van der Waals surface area contributed by atoms with Crippen LogP contribution in [0.3, 0.4) is 0 Å². The molecule has 1 heterocycles. The molecule has 7 heteroatoms. The summed E-state index contributed by atoms with van der Waals surface area (Å²) in [6.07, 6.45) is 4.50. The molecule has 7 nitrogen and oxygen atoms in total. The van der Waals surface area contributed by atoms with Gasteiger partial charge in [0.05, 0.1) is 23.0 Å². The smallest absolute Gasteiger partial charge is 0.251 e. The maximum absolute atomic E-state index is 12.6. The van der Waals surface area contributed by atoms with Crippen molar-refractivity contribution in [3.63, 3.8) is 0 Å². The van der Waals surface area contributed by atoms with Gasteiger partial charge in [0, 0.05) is 25.8 Å². The molecule has 0 bridgehead atoms. The number of amides is 2. The molecule has 0 unspecified atom stereocenters. The van der Waals surface area contributed by atoms with Gasteiger partial charge < -0.3 is 19.9 Å². The van der Waals surface area contributed by atoms with Crippen molar-refractivity contribution >= 4 is 28.5 Å². The summed E-state index contributed by atoms with van der Waals surface area (Å²) in [4.78, 5) is 29.2. The molecule has 0 radical (unpaired) electrons. The lowest BCUT2D eigenvalue weighted by molar-refractivity contribution is -0.119. The Hall–Kier alpha value is -3.19. The van der Waals surface area contributed by atoms with E-state index in [0.29, 0.717) is 29.9 Å². The minimum Gasteiger partial charge on any atom is -0.375 e. The minimum atomic E-state index is -0.279. The first-order valence-corrected chi connectivity index (χ1v) is 10.2. The fraction of sp³-hybridized carbons (Fsp3) is 0.348. The molecule has 2 aromatic carbocycles. The van der Waals surface area contributed by atoms with E-state index in [0.717, 1.165) is 24.8 Å². The molecule has 0 saturated heterocycles. The number of hydrogen-bond donors (Lipinski definition) is 2. The third-order valence-corrected chi connectivity index (χ3v) is 4.83. The van der Waals surface area contributed by atoms with E-state index >= 15 is 0 Å². The molecule has 0 atom stereocenters. The van der Waals surface area contributed by atoms with Gasteiger partial charge in [0.15, 0.2) is 0 Å². The first-order valence-electron chi connectivity index (χ1n) is 10.2. The molecule has 30 heavy (non-hydrogen) atoms.